The predicted molar refractivity (Wildman–Crippen MR) is 67.9 cm³/mol. The van der Waals surface area contributed by atoms with E-state index >= 15 is 0 Å². The van der Waals surface area contributed by atoms with Gasteiger partial charge in [0, 0.05) is 25.2 Å². The number of nitrogens with one attached hydrogen (secondary N) is 1. The molecule has 0 fully saturated rings. The molecule has 17 heavy (non-hydrogen) atoms. The Kier molecular flexibility index (Phi) is 2.87. The molecule has 1 aromatic heterocycles. The zero-order valence-corrected chi connectivity index (χ0v) is 10.2. The summed E-state index contributed by atoms with van der Waals surface area (Å²) >= 11 is 6.00. The van der Waals surface area contributed by atoms with Crippen molar-refractivity contribution in [1.29, 1.82) is 0 Å². The summed E-state index contributed by atoms with van der Waals surface area (Å²) in [6, 6.07) is 10.5. The van der Waals surface area contributed by atoms with Crippen molar-refractivity contribution in [3.63, 3.8) is 0 Å². The number of nitrogens with zero attached hydrogens (tertiary/aromatic N) is 2. The molecule has 2 aromatic rings. The van der Waals surface area contributed by atoms with Gasteiger partial charge in [-0.1, -0.05) is 41.9 Å². The second-order valence-electron chi connectivity index (χ2n) is 4.42. The van der Waals surface area contributed by atoms with E-state index in [0.29, 0.717) is 5.15 Å². The fourth-order valence-electron chi connectivity index (χ4n) is 2.31. The molecule has 1 aromatic carbocycles. The first-order valence-corrected chi connectivity index (χ1v) is 6.18. The van der Waals surface area contributed by atoms with Gasteiger partial charge in [0.2, 0.25) is 0 Å². The van der Waals surface area contributed by atoms with Crippen molar-refractivity contribution >= 4 is 11.6 Å². The maximum absolute atomic E-state index is 6.00. The van der Waals surface area contributed by atoms with Gasteiger partial charge in [-0.2, -0.15) is 5.10 Å². The lowest BCUT2D eigenvalue weighted by Gasteiger charge is -2.26. The van der Waals surface area contributed by atoms with Crippen LogP contribution in [-0.4, -0.2) is 21.6 Å². The van der Waals surface area contributed by atoms with Crippen molar-refractivity contribution in [2.45, 2.75) is 19.5 Å². The molecule has 4 heteroatoms. The average Bonchev–Trinajstić information content (AvgIpc) is 2.72. The number of benzene rings is 1. The third kappa shape index (κ3) is 2.21. The van der Waals surface area contributed by atoms with Crippen molar-refractivity contribution in [1.82, 2.24) is 15.1 Å². The van der Waals surface area contributed by atoms with Gasteiger partial charge >= 0.3 is 0 Å². The minimum atomic E-state index is 0.638. The van der Waals surface area contributed by atoms with Crippen LogP contribution in [0.2, 0.25) is 5.15 Å². The first-order valence-electron chi connectivity index (χ1n) is 5.81. The zero-order valence-electron chi connectivity index (χ0n) is 9.49. The van der Waals surface area contributed by atoms with Crippen LogP contribution in [0.1, 0.15) is 16.8 Å². The molecule has 0 radical (unpaired) electrons. The van der Waals surface area contributed by atoms with E-state index in [2.05, 4.69) is 39.4 Å². The first kappa shape index (κ1) is 10.8. The second-order valence-corrected chi connectivity index (χ2v) is 4.78. The minimum Gasteiger partial charge on any atom is -0.293 e. The SMILES string of the molecule is Clc1n[nH]c2c1CCN(Cc1ccccc1)C2. The van der Waals surface area contributed by atoms with Crippen molar-refractivity contribution in [2.75, 3.05) is 6.54 Å². The van der Waals surface area contributed by atoms with Gasteiger partial charge in [-0.05, 0) is 12.0 Å². The molecule has 0 unspecified atom stereocenters. The van der Waals surface area contributed by atoms with Gasteiger partial charge in [0.05, 0.1) is 5.69 Å². The fourth-order valence-corrected chi connectivity index (χ4v) is 2.56. The second kappa shape index (κ2) is 4.51. The van der Waals surface area contributed by atoms with Crippen LogP contribution in [0.15, 0.2) is 30.3 Å². The molecule has 0 saturated carbocycles. The third-order valence-electron chi connectivity index (χ3n) is 3.21. The molecule has 0 atom stereocenters. The van der Waals surface area contributed by atoms with Crippen LogP contribution in [0, 0.1) is 0 Å². The van der Waals surface area contributed by atoms with E-state index < -0.39 is 0 Å². The zero-order chi connectivity index (χ0) is 11.7. The highest BCUT2D eigenvalue weighted by molar-refractivity contribution is 6.30. The maximum atomic E-state index is 6.00. The highest BCUT2D eigenvalue weighted by atomic mass is 35.5. The summed E-state index contributed by atoms with van der Waals surface area (Å²) in [6.45, 7) is 2.93. The standard InChI is InChI=1S/C13H14ClN3/c14-13-11-6-7-17(9-12(11)15-16-13)8-10-4-2-1-3-5-10/h1-5H,6-9H2,(H,15,16). The van der Waals surface area contributed by atoms with E-state index in [4.69, 9.17) is 11.6 Å². The van der Waals surface area contributed by atoms with E-state index in [1.807, 2.05) is 6.07 Å². The van der Waals surface area contributed by atoms with Crippen molar-refractivity contribution in [3.05, 3.63) is 52.3 Å². The number of fused-ring (bicyclic) bond motifs is 1. The van der Waals surface area contributed by atoms with Gasteiger partial charge in [-0.3, -0.25) is 10.00 Å². The van der Waals surface area contributed by atoms with Gasteiger partial charge in [0.15, 0.2) is 5.15 Å². The van der Waals surface area contributed by atoms with Gasteiger partial charge in [0.1, 0.15) is 0 Å². The molecule has 1 aliphatic rings. The van der Waals surface area contributed by atoms with Crippen LogP contribution in [0.5, 0.6) is 0 Å². The largest absolute Gasteiger partial charge is 0.293 e. The number of rotatable bonds is 2. The molecule has 1 N–H and O–H groups in total. The van der Waals surface area contributed by atoms with Crippen LogP contribution >= 0.6 is 11.6 Å². The highest BCUT2D eigenvalue weighted by Crippen LogP contribution is 2.24. The summed E-state index contributed by atoms with van der Waals surface area (Å²) < 4.78 is 0. The van der Waals surface area contributed by atoms with Gasteiger partial charge in [-0.25, -0.2) is 0 Å². The lowest BCUT2D eigenvalue weighted by molar-refractivity contribution is 0.242. The van der Waals surface area contributed by atoms with Crippen molar-refractivity contribution in [2.24, 2.45) is 0 Å². The Hall–Kier alpha value is -1.32. The Morgan fingerprint density at radius 1 is 1.29 bits per heavy atom. The van der Waals surface area contributed by atoms with Crippen molar-refractivity contribution < 1.29 is 0 Å². The Morgan fingerprint density at radius 2 is 2.12 bits per heavy atom. The van der Waals surface area contributed by atoms with Crippen LogP contribution in [0.25, 0.3) is 0 Å². The first-order chi connectivity index (χ1) is 8.33. The summed E-state index contributed by atoms with van der Waals surface area (Å²) in [6.07, 6.45) is 0.984. The average molecular weight is 248 g/mol. The number of H-pyrrole nitrogens is 1. The maximum Gasteiger partial charge on any atom is 0.154 e. The van der Waals surface area contributed by atoms with E-state index in [-0.39, 0.29) is 0 Å². The summed E-state index contributed by atoms with van der Waals surface area (Å²) in [5.41, 5.74) is 3.70. The number of aromatic amines is 1. The smallest absolute Gasteiger partial charge is 0.154 e. The molecule has 88 valence electrons. The molecule has 3 rings (SSSR count). The molecule has 0 spiro atoms. The van der Waals surface area contributed by atoms with Crippen LogP contribution in [0.4, 0.5) is 0 Å². The van der Waals surface area contributed by atoms with E-state index in [0.717, 1.165) is 31.7 Å². The molecular weight excluding hydrogens is 234 g/mol. The quantitative estimate of drug-likeness (QED) is 0.885. The normalized spacial score (nSPS) is 15.8. The van der Waals surface area contributed by atoms with Crippen LogP contribution in [-0.2, 0) is 19.5 Å². The number of hydrogen-bond acceptors (Lipinski definition) is 2. The summed E-state index contributed by atoms with van der Waals surface area (Å²) in [5.74, 6) is 0. The monoisotopic (exact) mass is 247 g/mol. The molecular formula is C13H14ClN3. The van der Waals surface area contributed by atoms with Crippen LogP contribution < -0.4 is 0 Å². The van der Waals surface area contributed by atoms with E-state index in [1.165, 1.54) is 11.1 Å². The molecule has 3 nitrogen and oxygen atoms in total. The Labute approximate surface area is 105 Å². The highest BCUT2D eigenvalue weighted by Gasteiger charge is 2.20. The number of halogens is 1. The Morgan fingerprint density at radius 3 is 2.94 bits per heavy atom. The predicted octanol–water partition coefficient (Wildman–Crippen LogP) is 2.62. The Bertz CT molecular complexity index is 507. The minimum absolute atomic E-state index is 0.638. The van der Waals surface area contributed by atoms with E-state index in [1.54, 1.807) is 0 Å². The molecule has 2 heterocycles. The molecule has 0 amide bonds. The number of hydrogen-bond donors (Lipinski definition) is 1. The lowest BCUT2D eigenvalue weighted by Crippen LogP contribution is -2.29. The van der Waals surface area contributed by atoms with Gasteiger partial charge in [-0.15, -0.1) is 0 Å². The van der Waals surface area contributed by atoms with Gasteiger partial charge < -0.3 is 0 Å². The summed E-state index contributed by atoms with van der Waals surface area (Å²) in [4.78, 5) is 2.41. The van der Waals surface area contributed by atoms with Crippen LogP contribution in [0.3, 0.4) is 0 Å². The molecule has 0 bridgehead atoms. The Balaban J connectivity index is 1.72. The third-order valence-corrected chi connectivity index (χ3v) is 3.52. The molecule has 1 aliphatic heterocycles. The van der Waals surface area contributed by atoms with E-state index in [9.17, 15) is 0 Å². The summed E-state index contributed by atoms with van der Waals surface area (Å²) in [7, 11) is 0. The lowest BCUT2D eigenvalue weighted by atomic mass is 10.1. The molecule has 0 saturated heterocycles. The number of aromatic nitrogens is 2. The van der Waals surface area contributed by atoms with Gasteiger partial charge in [0.25, 0.3) is 0 Å². The topological polar surface area (TPSA) is 31.9 Å². The fraction of sp³-hybridized carbons (Fsp3) is 0.308. The summed E-state index contributed by atoms with van der Waals surface area (Å²) in [5, 5.41) is 7.71. The molecule has 0 aliphatic carbocycles. The van der Waals surface area contributed by atoms with Crippen molar-refractivity contribution in [3.8, 4) is 0 Å².